The van der Waals surface area contributed by atoms with Crippen molar-refractivity contribution in [3.8, 4) is 6.07 Å². The van der Waals surface area contributed by atoms with Crippen LogP contribution in [-0.2, 0) is 4.74 Å². The minimum Gasteiger partial charge on any atom is -0.374 e. The number of aryl methyl sites for hydroxylation is 2. The summed E-state index contributed by atoms with van der Waals surface area (Å²) in [5.41, 5.74) is 2.50. The summed E-state index contributed by atoms with van der Waals surface area (Å²) in [5.74, 6) is 0.664. The zero-order chi connectivity index (χ0) is 13.8. The molecule has 5 heteroatoms. The Hall–Kier alpha value is -1.64. The molecule has 1 aromatic heterocycles. The van der Waals surface area contributed by atoms with Crippen LogP contribution in [0.2, 0.25) is 0 Å². The van der Waals surface area contributed by atoms with Crippen LogP contribution in [0.15, 0.2) is 6.07 Å². The van der Waals surface area contributed by atoms with Crippen molar-refractivity contribution in [1.29, 1.82) is 5.26 Å². The van der Waals surface area contributed by atoms with Gasteiger partial charge in [0.05, 0.1) is 18.3 Å². The molecule has 1 N–H and O–H groups in total. The van der Waals surface area contributed by atoms with E-state index < -0.39 is 0 Å². The molecule has 102 valence electrons. The van der Waals surface area contributed by atoms with Gasteiger partial charge in [0.25, 0.3) is 0 Å². The van der Waals surface area contributed by atoms with E-state index in [0.29, 0.717) is 17.9 Å². The molecule has 2 rings (SSSR count). The Morgan fingerprint density at radius 1 is 1.58 bits per heavy atom. The predicted octanol–water partition coefficient (Wildman–Crippen LogP) is 1.31. The van der Waals surface area contributed by atoms with Gasteiger partial charge in [-0.15, -0.1) is 0 Å². The van der Waals surface area contributed by atoms with Gasteiger partial charge in [-0.2, -0.15) is 5.26 Å². The summed E-state index contributed by atoms with van der Waals surface area (Å²) in [6.45, 7) is 7.18. The first-order valence-corrected chi connectivity index (χ1v) is 6.52. The molecule has 1 aliphatic rings. The third kappa shape index (κ3) is 3.43. The van der Waals surface area contributed by atoms with Gasteiger partial charge < -0.3 is 15.0 Å². The van der Waals surface area contributed by atoms with Crippen LogP contribution >= 0.6 is 0 Å². The van der Waals surface area contributed by atoms with E-state index in [4.69, 9.17) is 4.74 Å². The number of morpholine rings is 1. The van der Waals surface area contributed by atoms with E-state index in [-0.39, 0.29) is 6.10 Å². The van der Waals surface area contributed by atoms with Crippen molar-refractivity contribution in [1.82, 2.24) is 9.88 Å². The number of anilines is 1. The Balaban J connectivity index is 2.05. The number of hydrogen-bond acceptors (Lipinski definition) is 5. The monoisotopic (exact) mass is 260 g/mol. The average molecular weight is 260 g/mol. The minimum absolute atomic E-state index is 0.146. The fourth-order valence-corrected chi connectivity index (χ4v) is 2.31. The zero-order valence-corrected chi connectivity index (χ0v) is 11.7. The van der Waals surface area contributed by atoms with Crippen LogP contribution in [0.1, 0.15) is 16.8 Å². The number of nitrogens with one attached hydrogen (secondary N) is 1. The van der Waals surface area contributed by atoms with E-state index >= 15 is 0 Å². The van der Waals surface area contributed by atoms with Crippen LogP contribution in [0.5, 0.6) is 0 Å². The maximum absolute atomic E-state index is 9.20. The first-order chi connectivity index (χ1) is 9.10. The SMILES string of the molecule is Cc1cc(C)c(C#N)c(NCC2CN(C)CCO2)n1. The number of rotatable bonds is 3. The molecule has 1 saturated heterocycles. The molecule has 0 spiro atoms. The number of aromatic nitrogens is 1. The third-order valence-electron chi connectivity index (χ3n) is 3.30. The second-order valence-electron chi connectivity index (χ2n) is 5.05. The molecule has 19 heavy (non-hydrogen) atoms. The van der Waals surface area contributed by atoms with Crippen molar-refractivity contribution >= 4 is 5.82 Å². The number of nitrogens with zero attached hydrogens (tertiary/aromatic N) is 3. The Kier molecular flexibility index (Phi) is 4.35. The topological polar surface area (TPSA) is 61.2 Å². The number of nitriles is 1. The van der Waals surface area contributed by atoms with E-state index in [1.807, 2.05) is 19.9 Å². The van der Waals surface area contributed by atoms with E-state index in [9.17, 15) is 5.26 Å². The standard InChI is InChI=1S/C14H20N4O/c1-10-6-11(2)17-14(13(10)7-15)16-8-12-9-18(3)4-5-19-12/h6,12H,4-5,8-9H2,1-3H3,(H,16,17). The Morgan fingerprint density at radius 3 is 3.05 bits per heavy atom. The van der Waals surface area contributed by atoms with Gasteiger partial charge >= 0.3 is 0 Å². The summed E-state index contributed by atoms with van der Waals surface area (Å²) in [7, 11) is 2.09. The lowest BCUT2D eigenvalue weighted by Gasteiger charge is -2.30. The van der Waals surface area contributed by atoms with Crippen molar-refractivity contribution in [2.45, 2.75) is 20.0 Å². The van der Waals surface area contributed by atoms with Crippen molar-refractivity contribution in [2.75, 3.05) is 38.6 Å². The Bertz CT molecular complexity index is 495. The molecule has 0 aliphatic carbocycles. The van der Waals surface area contributed by atoms with Gasteiger partial charge in [0.1, 0.15) is 11.9 Å². The second kappa shape index (κ2) is 6.00. The van der Waals surface area contributed by atoms with Crippen LogP contribution in [0.25, 0.3) is 0 Å². The lowest BCUT2D eigenvalue weighted by atomic mass is 10.1. The highest BCUT2D eigenvalue weighted by Gasteiger charge is 2.18. The van der Waals surface area contributed by atoms with E-state index in [1.54, 1.807) is 0 Å². The highest BCUT2D eigenvalue weighted by atomic mass is 16.5. The quantitative estimate of drug-likeness (QED) is 0.888. The molecule has 1 atom stereocenters. The van der Waals surface area contributed by atoms with Crippen LogP contribution in [0.4, 0.5) is 5.82 Å². The molecule has 1 aliphatic heterocycles. The summed E-state index contributed by atoms with van der Waals surface area (Å²) in [4.78, 5) is 6.65. The van der Waals surface area contributed by atoms with Gasteiger partial charge in [-0.3, -0.25) is 0 Å². The maximum Gasteiger partial charge on any atom is 0.144 e. The molecule has 1 unspecified atom stereocenters. The zero-order valence-electron chi connectivity index (χ0n) is 11.7. The lowest BCUT2D eigenvalue weighted by molar-refractivity contribution is -0.0117. The predicted molar refractivity (Wildman–Crippen MR) is 74.2 cm³/mol. The van der Waals surface area contributed by atoms with Gasteiger partial charge in [0.2, 0.25) is 0 Å². The molecule has 0 aromatic carbocycles. The number of hydrogen-bond donors (Lipinski definition) is 1. The van der Waals surface area contributed by atoms with E-state index in [1.165, 1.54) is 0 Å². The van der Waals surface area contributed by atoms with Crippen molar-refractivity contribution in [2.24, 2.45) is 0 Å². The Labute approximate surface area is 114 Å². The maximum atomic E-state index is 9.20. The molecule has 0 radical (unpaired) electrons. The molecule has 0 saturated carbocycles. The molecule has 5 nitrogen and oxygen atoms in total. The molecule has 1 aromatic rings. The summed E-state index contributed by atoms with van der Waals surface area (Å²) in [6.07, 6.45) is 0.146. The molecule has 2 heterocycles. The summed E-state index contributed by atoms with van der Waals surface area (Å²) in [5, 5.41) is 12.5. The molecular weight excluding hydrogens is 240 g/mol. The lowest BCUT2D eigenvalue weighted by Crippen LogP contribution is -2.43. The van der Waals surface area contributed by atoms with Gasteiger partial charge in [0.15, 0.2) is 0 Å². The van der Waals surface area contributed by atoms with E-state index in [0.717, 1.165) is 31.0 Å². The molecule has 0 bridgehead atoms. The highest BCUT2D eigenvalue weighted by molar-refractivity contribution is 5.56. The van der Waals surface area contributed by atoms with Crippen LogP contribution in [0, 0.1) is 25.2 Å². The highest BCUT2D eigenvalue weighted by Crippen LogP contribution is 2.17. The van der Waals surface area contributed by atoms with Crippen LogP contribution < -0.4 is 5.32 Å². The smallest absolute Gasteiger partial charge is 0.144 e. The number of pyridine rings is 1. The minimum atomic E-state index is 0.146. The van der Waals surface area contributed by atoms with Crippen molar-refractivity contribution in [3.63, 3.8) is 0 Å². The summed E-state index contributed by atoms with van der Waals surface area (Å²) in [6, 6.07) is 4.14. The third-order valence-corrected chi connectivity index (χ3v) is 3.30. The average Bonchev–Trinajstić information content (AvgIpc) is 2.36. The first kappa shape index (κ1) is 13.8. The van der Waals surface area contributed by atoms with Crippen LogP contribution in [0.3, 0.4) is 0 Å². The van der Waals surface area contributed by atoms with Crippen molar-refractivity contribution < 1.29 is 4.74 Å². The molecular formula is C14H20N4O. The second-order valence-corrected chi connectivity index (χ2v) is 5.05. The fraction of sp³-hybridized carbons (Fsp3) is 0.571. The number of likely N-dealkylation sites (N-methyl/N-ethyl adjacent to an activating group) is 1. The largest absolute Gasteiger partial charge is 0.374 e. The van der Waals surface area contributed by atoms with Gasteiger partial charge in [0, 0.05) is 25.3 Å². The molecule has 0 amide bonds. The van der Waals surface area contributed by atoms with Gasteiger partial charge in [-0.05, 0) is 32.5 Å². The fourth-order valence-electron chi connectivity index (χ4n) is 2.31. The Morgan fingerprint density at radius 2 is 2.37 bits per heavy atom. The molecule has 1 fully saturated rings. The summed E-state index contributed by atoms with van der Waals surface area (Å²) < 4.78 is 5.69. The summed E-state index contributed by atoms with van der Waals surface area (Å²) >= 11 is 0. The van der Waals surface area contributed by atoms with Gasteiger partial charge in [-0.1, -0.05) is 0 Å². The number of ether oxygens (including phenoxy) is 1. The van der Waals surface area contributed by atoms with E-state index in [2.05, 4.69) is 28.3 Å². The first-order valence-electron chi connectivity index (χ1n) is 6.52. The van der Waals surface area contributed by atoms with Gasteiger partial charge in [-0.25, -0.2) is 4.98 Å². The van der Waals surface area contributed by atoms with Crippen LogP contribution in [-0.4, -0.2) is 49.3 Å². The van der Waals surface area contributed by atoms with Crippen molar-refractivity contribution in [3.05, 3.63) is 22.9 Å². The normalized spacial score (nSPS) is 20.0.